The van der Waals surface area contributed by atoms with Crippen molar-refractivity contribution in [3.05, 3.63) is 76.9 Å². The Hall–Kier alpha value is -3.02. The minimum atomic E-state index is -0.938. The first-order valence-corrected chi connectivity index (χ1v) is 9.16. The molecular weight excluding hydrogens is 362 g/mol. The summed E-state index contributed by atoms with van der Waals surface area (Å²) in [5.74, 6) is -2.22. The van der Waals surface area contributed by atoms with Gasteiger partial charge in [-0.3, -0.25) is 9.59 Å². The molecule has 2 aromatic carbocycles. The van der Waals surface area contributed by atoms with E-state index >= 15 is 0 Å². The summed E-state index contributed by atoms with van der Waals surface area (Å²) in [6.07, 6.45) is 5.13. The van der Waals surface area contributed by atoms with Gasteiger partial charge in [0.15, 0.2) is 11.6 Å². The van der Waals surface area contributed by atoms with Gasteiger partial charge in [0.2, 0.25) is 5.91 Å². The lowest BCUT2D eigenvalue weighted by Crippen LogP contribution is -2.28. The van der Waals surface area contributed by atoms with E-state index in [9.17, 15) is 18.4 Å². The number of halogens is 2. The highest BCUT2D eigenvalue weighted by atomic mass is 19.2. The predicted octanol–water partition coefficient (Wildman–Crippen LogP) is 4.09. The minimum absolute atomic E-state index is 0.0887. The second-order valence-electron chi connectivity index (χ2n) is 7.00. The van der Waals surface area contributed by atoms with E-state index < -0.39 is 17.7 Å². The molecule has 0 bridgehead atoms. The average Bonchev–Trinajstić information content (AvgIpc) is 3.51. The zero-order chi connectivity index (χ0) is 20.3. The number of carbonyl (C=O) groups excluding carboxylic acids is 2. The van der Waals surface area contributed by atoms with Crippen LogP contribution in [0.5, 0.6) is 0 Å². The molecule has 1 N–H and O–H groups in total. The Morgan fingerprint density at radius 2 is 1.79 bits per heavy atom. The Morgan fingerprint density at radius 3 is 2.39 bits per heavy atom. The van der Waals surface area contributed by atoms with E-state index in [1.807, 2.05) is 0 Å². The second kappa shape index (κ2) is 8.33. The summed E-state index contributed by atoms with van der Waals surface area (Å²) >= 11 is 0. The Balaban J connectivity index is 1.61. The highest BCUT2D eigenvalue weighted by Crippen LogP contribution is 2.22. The maximum Gasteiger partial charge on any atom is 0.251 e. The van der Waals surface area contributed by atoms with Crippen molar-refractivity contribution < 1.29 is 18.4 Å². The van der Waals surface area contributed by atoms with Crippen molar-refractivity contribution in [1.29, 1.82) is 0 Å². The van der Waals surface area contributed by atoms with Gasteiger partial charge in [-0.2, -0.15) is 0 Å². The zero-order valence-corrected chi connectivity index (χ0v) is 15.8. The summed E-state index contributed by atoms with van der Waals surface area (Å²) in [6, 6.07) is 10.5. The lowest BCUT2D eigenvalue weighted by molar-refractivity contribution is -0.126. The van der Waals surface area contributed by atoms with Gasteiger partial charge < -0.3 is 10.2 Å². The van der Waals surface area contributed by atoms with E-state index in [1.54, 1.807) is 44.3 Å². The molecule has 0 saturated heterocycles. The molecule has 1 atom stereocenters. The first-order chi connectivity index (χ1) is 13.3. The summed E-state index contributed by atoms with van der Waals surface area (Å²) in [4.78, 5) is 25.8. The van der Waals surface area contributed by atoms with Crippen molar-refractivity contribution in [2.75, 3.05) is 7.05 Å². The Morgan fingerprint density at radius 1 is 1.11 bits per heavy atom. The molecule has 146 valence electrons. The fourth-order valence-electron chi connectivity index (χ4n) is 2.71. The molecule has 1 saturated carbocycles. The van der Waals surface area contributed by atoms with E-state index in [4.69, 9.17) is 0 Å². The van der Waals surface area contributed by atoms with Crippen molar-refractivity contribution in [3.63, 3.8) is 0 Å². The fourth-order valence-corrected chi connectivity index (χ4v) is 2.71. The maximum absolute atomic E-state index is 13.4. The topological polar surface area (TPSA) is 49.4 Å². The van der Waals surface area contributed by atoms with Crippen LogP contribution in [0.2, 0.25) is 0 Å². The number of nitrogens with one attached hydrogen (secondary N) is 1. The van der Waals surface area contributed by atoms with Crippen molar-refractivity contribution in [2.24, 2.45) is 0 Å². The molecule has 28 heavy (non-hydrogen) atoms. The molecule has 2 amide bonds. The highest BCUT2D eigenvalue weighted by molar-refractivity contribution is 5.95. The van der Waals surface area contributed by atoms with Gasteiger partial charge >= 0.3 is 0 Å². The van der Waals surface area contributed by atoms with Crippen LogP contribution in [0, 0.1) is 11.6 Å². The van der Waals surface area contributed by atoms with Gasteiger partial charge in [0.1, 0.15) is 0 Å². The van der Waals surface area contributed by atoms with E-state index in [1.165, 1.54) is 17.0 Å². The van der Waals surface area contributed by atoms with Crippen LogP contribution in [0.3, 0.4) is 0 Å². The average molecular weight is 384 g/mol. The maximum atomic E-state index is 13.4. The summed E-state index contributed by atoms with van der Waals surface area (Å²) in [6.45, 7) is 1.74. The largest absolute Gasteiger partial charge is 0.349 e. The number of nitrogens with zero attached hydrogens (tertiary/aromatic N) is 1. The molecule has 1 aliphatic carbocycles. The quantitative estimate of drug-likeness (QED) is 0.763. The summed E-state index contributed by atoms with van der Waals surface area (Å²) in [5, 5.41) is 2.92. The number of likely N-dealkylation sites (N-methyl/N-ethyl adjacent to an activating group) is 1. The van der Waals surface area contributed by atoms with Crippen LogP contribution < -0.4 is 5.32 Å². The van der Waals surface area contributed by atoms with Crippen molar-refractivity contribution >= 4 is 17.9 Å². The van der Waals surface area contributed by atoms with E-state index in [0.29, 0.717) is 17.2 Å². The highest BCUT2D eigenvalue weighted by Gasteiger charge is 2.23. The molecule has 2 aromatic rings. The lowest BCUT2D eigenvalue weighted by Gasteiger charge is -2.24. The molecule has 0 aliphatic heterocycles. The van der Waals surface area contributed by atoms with E-state index in [0.717, 1.165) is 30.5 Å². The van der Waals surface area contributed by atoms with Crippen molar-refractivity contribution in [1.82, 2.24) is 10.2 Å². The van der Waals surface area contributed by atoms with Crippen molar-refractivity contribution in [3.8, 4) is 0 Å². The Bertz CT molecular complexity index is 905. The number of hydrogen-bond acceptors (Lipinski definition) is 2. The first-order valence-electron chi connectivity index (χ1n) is 9.16. The Kier molecular flexibility index (Phi) is 5.87. The van der Waals surface area contributed by atoms with E-state index in [2.05, 4.69) is 5.32 Å². The number of rotatable bonds is 6. The fraction of sp³-hybridized carbons (Fsp3) is 0.273. The Labute approximate surface area is 162 Å². The smallest absolute Gasteiger partial charge is 0.251 e. The van der Waals surface area contributed by atoms with Crippen LogP contribution in [0.15, 0.2) is 48.5 Å². The number of benzene rings is 2. The van der Waals surface area contributed by atoms with Gasteiger partial charge in [-0.05, 0) is 61.2 Å². The summed E-state index contributed by atoms with van der Waals surface area (Å²) in [7, 11) is 1.60. The van der Waals surface area contributed by atoms with E-state index in [-0.39, 0.29) is 11.8 Å². The third-order valence-electron chi connectivity index (χ3n) is 4.86. The summed E-state index contributed by atoms with van der Waals surface area (Å²) < 4.78 is 26.5. The molecular formula is C22H22F2N2O2. The van der Waals surface area contributed by atoms with Gasteiger partial charge in [0.05, 0.1) is 6.04 Å². The molecule has 0 heterocycles. The minimum Gasteiger partial charge on any atom is -0.349 e. The number of amides is 2. The van der Waals surface area contributed by atoms with Crippen LogP contribution in [0.25, 0.3) is 6.08 Å². The van der Waals surface area contributed by atoms with Crippen molar-refractivity contribution in [2.45, 2.75) is 31.8 Å². The molecule has 3 rings (SSSR count). The molecule has 1 aliphatic rings. The lowest BCUT2D eigenvalue weighted by atomic mass is 10.1. The summed E-state index contributed by atoms with van der Waals surface area (Å²) in [5.41, 5.74) is 1.87. The predicted molar refractivity (Wildman–Crippen MR) is 104 cm³/mol. The third-order valence-corrected chi connectivity index (χ3v) is 4.86. The first kappa shape index (κ1) is 19.7. The molecule has 1 fully saturated rings. The molecule has 4 nitrogen and oxygen atoms in total. The number of hydrogen-bond donors (Lipinski definition) is 1. The number of carbonyl (C=O) groups is 2. The normalized spacial score (nSPS) is 14.7. The molecule has 6 heteroatoms. The zero-order valence-electron chi connectivity index (χ0n) is 15.8. The molecule has 1 unspecified atom stereocenters. The monoisotopic (exact) mass is 384 g/mol. The third kappa shape index (κ3) is 4.82. The van der Waals surface area contributed by atoms with Crippen LogP contribution in [-0.2, 0) is 4.79 Å². The second-order valence-corrected chi connectivity index (χ2v) is 7.00. The van der Waals surface area contributed by atoms with Crippen LogP contribution in [0.4, 0.5) is 8.78 Å². The molecule has 0 aromatic heterocycles. The van der Waals surface area contributed by atoms with Crippen LogP contribution in [-0.4, -0.2) is 29.8 Å². The SMILES string of the molecule is CC(c1ccc(F)c(F)c1)N(C)C(=O)/C=C/c1ccc(C(=O)NC2CC2)cc1. The van der Waals surface area contributed by atoms with Crippen LogP contribution in [0.1, 0.15) is 47.3 Å². The van der Waals surface area contributed by atoms with Gasteiger partial charge in [-0.15, -0.1) is 0 Å². The van der Waals surface area contributed by atoms with Gasteiger partial charge in [0.25, 0.3) is 5.91 Å². The van der Waals surface area contributed by atoms with Gasteiger partial charge in [0, 0.05) is 24.7 Å². The standard InChI is InChI=1S/C22H22F2N2O2/c1-14(17-8-11-19(23)20(24)13-17)26(2)21(27)12-5-15-3-6-16(7-4-15)22(28)25-18-9-10-18/h3-8,11-14,18H,9-10H2,1-2H3,(H,25,28)/b12-5+. The molecule has 0 spiro atoms. The van der Waals surface area contributed by atoms with Gasteiger partial charge in [-0.1, -0.05) is 18.2 Å². The molecule has 0 radical (unpaired) electrons. The van der Waals surface area contributed by atoms with Crippen LogP contribution >= 0.6 is 0 Å². The van der Waals surface area contributed by atoms with Gasteiger partial charge in [-0.25, -0.2) is 8.78 Å².